The van der Waals surface area contributed by atoms with Crippen LogP contribution in [-0.2, 0) is 0 Å². The first kappa shape index (κ1) is 16.2. The number of Topliss-reactive ketones (excluding diaryl/α,β-unsaturated/α-hetero) is 1. The van der Waals surface area contributed by atoms with Gasteiger partial charge < -0.3 is 9.47 Å². The van der Waals surface area contributed by atoms with Crippen LogP contribution in [0.1, 0.15) is 15.9 Å². The maximum absolute atomic E-state index is 12.4. The molecule has 0 N–H and O–H groups in total. The summed E-state index contributed by atoms with van der Waals surface area (Å²) in [7, 11) is 0. The topological polar surface area (TPSA) is 48.4 Å². The van der Waals surface area contributed by atoms with Crippen molar-refractivity contribution in [3.05, 3.63) is 59.0 Å². The number of hydrogen-bond acceptors (Lipinski definition) is 6. The van der Waals surface area contributed by atoms with Crippen molar-refractivity contribution >= 4 is 28.9 Å². The van der Waals surface area contributed by atoms with Crippen LogP contribution in [0.3, 0.4) is 0 Å². The van der Waals surface area contributed by atoms with Crippen molar-refractivity contribution in [3.8, 4) is 22.8 Å². The molecule has 2 heterocycles. The molecule has 0 amide bonds. The van der Waals surface area contributed by atoms with Crippen LogP contribution in [0.4, 0.5) is 0 Å². The molecule has 1 aliphatic heterocycles. The predicted molar refractivity (Wildman–Crippen MR) is 99.9 cm³/mol. The second-order valence-corrected chi connectivity index (χ2v) is 7.73. The van der Waals surface area contributed by atoms with Gasteiger partial charge in [-0.1, -0.05) is 41.6 Å². The summed E-state index contributed by atoms with van der Waals surface area (Å²) in [5.74, 6) is 1.72. The first-order valence-corrected chi connectivity index (χ1v) is 9.64. The number of benzene rings is 2. The maximum Gasteiger partial charge on any atom is 0.231 e. The monoisotopic (exact) mass is 369 g/mol. The van der Waals surface area contributed by atoms with Crippen LogP contribution < -0.4 is 9.47 Å². The molecule has 126 valence electrons. The summed E-state index contributed by atoms with van der Waals surface area (Å²) in [5.41, 5.74) is 3.90. The van der Waals surface area contributed by atoms with E-state index in [0.717, 1.165) is 15.6 Å². The molecule has 1 aliphatic rings. The van der Waals surface area contributed by atoms with Gasteiger partial charge in [-0.15, -0.1) is 11.3 Å². The summed E-state index contributed by atoms with van der Waals surface area (Å²) >= 11 is 3.02. The second kappa shape index (κ2) is 6.90. The third-order valence-electron chi connectivity index (χ3n) is 3.85. The largest absolute Gasteiger partial charge is 0.454 e. The lowest BCUT2D eigenvalue weighted by atomic mass is 10.1. The highest BCUT2D eigenvalue weighted by molar-refractivity contribution is 8.01. The fourth-order valence-electron chi connectivity index (χ4n) is 2.46. The van der Waals surface area contributed by atoms with E-state index in [1.165, 1.54) is 17.3 Å². The van der Waals surface area contributed by atoms with Crippen LogP contribution in [0.25, 0.3) is 11.3 Å². The molecule has 4 rings (SSSR count). The van der Waals surface area contributed by atoms with Crippen LogP contribution in [0.5, 0.6) is 11.5 Å². The Morgan fingerprint density at radius 2 is 1.96 bits per heavy atom. The van der Waals surface area contributed by atoms with Crippen molar-refractivity contribution in [1.82, 2.24) is 4.98 Å². The molecule has 4 nitrogen and oxygen atoms in total. The average molecular weight is 369 g/mol. The highest BCUT2D eigenvalue weighted by Gasteiger charge is 2.16. The molecule has 0 saturated heterocycles. The van der Waals surface area contributed by atoms with Crippen molar-refractivity contribution in [1.29, 1.82) is 0 Å². The lowest BCUT2D eigenvalue weighted by molar-refractivity contribution is 0.102. The number of carbonyl (C=O) groups excluding carboxylic acids is 1. The number of hydrogen-bond donors (Lipinski definition) is 0. The zero-order chi connectivity index (χ0) is 17.2. The summed E-state index contributed by atoms with van der Waals surface area (Å²) in [6.45, 7) is 2.27. The van der Waals surface area contributed by atoms with Gasteiger partial charge in [0.05, 0.1) is 11.4 Å². The normalized spacial score (nSPS) is 12.4. The van der Waals surface area contributed by atoms with Gasteiger partial charge in [-0.2, -0.15) is 0 Å². The summed E-state index contributed by atoms with van der Waals surface area (Å²) in [4.78, 5) is 17.0. The van der Waals surface area contributed by atoms with E-state index in [0.29, 0.717) is 22.8 Å². The number of aryl methyl sites for hydroxylation is 1. The van der Waals surface area contributed by atoms with E-state index < -0.39 is 0 Å². The van der Waals surface area contributed by atoms with Gasteiger partial charge in [0.25, 0.3) is 0 Å². The quantitative estimate of drug-likeness (QED) is 0.476. The number of thiazole rings is 1. The van der Waals surface area contributed by atoms with Crippen molar-refractivity contribution in [2.45, 2.75) is 11.3 Å². The van der Waals surface area contributed by atoms with E-state index in [-0.39, 0.29) is 12.6 Å². The smallest absolute Gasteiger partial charge is 0.231 e. The van der Waals surface area contributed by atoms with Gasteiger partial charge in [-0.05, 0) is 25.1 Å². The summed E-state index contributed by atoms with van der Waals surface area (Å²) in [5, 5.41) is 2.03. The number of aromatic nitrogens is 1. The number of carbonyl (C=O) groups is 1. The summed E-state index contributed by atoms with van der Waals surface area (Å²) in [6.07, 6.45) is 0. The molecule has 0 radical (unpaired) electrons. The third kappa shape index (κ3) is 3.55. The predicted octanol–water partition coefficient (Wildman–Crippen LogP) is 4.82. The Morgan fingerprint density at radius 1 is 1.16 bits per heavy atom. The Bertz CT molecular complexity index is 919. The Balaban J connectivity index is 1.41. The van der Waals surface area contributed by atoms with Crippen molar-refractivity contribution in [2.24, 2.45) is 0 Å². The van der Waals surface area contributed by atoms with E-state index >= 15 is 0 Å². The molecule has 25 heavy (non-hydrogen) atoms. The van der Waals surface area contributed by atoms with Crippen molar-refractivity contribution in [2.75, 3.05) is 12.5 Å². The van der Waals surface area contributed by atoms with Gasteiger partial charge in [-0.25, -0.2) is 4.98 Å². The third-order valence-corrected chi connectivity index (χ3v) is 5.87. The van der Waals surface area contributed by atoms with Gasteiger partial charge in [0.2, 0.25) is 6.79 Å². The molecule has 0 spiro atoms. The number of fused-ring (bicyclic) bond motifs is 1. The fourth-order valence-corrected chi connectivity index (χ4v) is 4.19. The Kier molecular flexibility index (Phi) is 4.46. The zero-order valence-corrected chi connectivity index (χ0v) is 15.2. The van der Waals surface area contributed by atoms with Crippen LogP contribution in [0.2, 0.25) is 0 Å². The first-order chi connectivity index (χ1) is 12.2. The minimum Gasteiger partial charge on any atom is -0.454 e. The van der Waals surface area contributed by atoms with Crippen molar-refractivity contribution in [3.63, 3.8) is 0 Å². The Morgan fingerprint density at radius 3 is 2.80 bits per heavy atom. The number of thioether (sulfide) groups is 1. The lowest BCUT2D eigenvalue weighted by Crippen LogP contribution is -2.02. The highest BCUT2D eigenvalue weighted by Crippen LogP contribution is 2.33. The van der Waals surface area contributed by atoms with Crippen LogP contribution >= 0.6 is 23.1 Å². The molecule has 2 aromatic carbocycles. The standard InChI is InChI=1S/C19H15NO3S2/c1-12-2-4-13(5-3-12)15-9-24-19(20-15)25-10-16(21)14-6-7-17-18(8-14)23-11-22-17/h2-9H,10-11H2,1H3. The first-order valence-electron chi connectivity index (χ1n) is 7.77. The number of nitrogens with zero attached hydrogens (tertiary/aromatic N) is 1. The van der Waals surface area contributed by atoms with E-state index in [1.807, 2.05) is 5.38 Å². The van der Waals surface area contributed by atoms with Gasteiger partial charge in [-0.3, -0.25) is 4.79 Å². The van der Waals surface area contributed by atoms with E-state index in [4.69, 9.17) is 9.47 Å². The molecule has 0 unspecified atom stereocenters. The second-order valence-electron chi connectivity index (χ2n) is 5.64. The molecular weight excluding hydrogens is 354 g/mol. The lowest BCUT2D eigenvalue weighted by Gasteiger charge is -2.01. The van der Waals surface area contributed by atoms with E-state index in [9.17, 15) is 4.79 Å². The van der Waals surface area contributed by atoms with E-state index in [2.05, 4.69) is 36.2 Å². The molecule has 0 bridgehead atoms. The molecule has 6 heteroatoms. The van der Waals surface area contributed by atoms with Crippen molar-refractivity contribution < 1.29 is 14.3 Å². The van der Waals surface area contributed by atoms with Gasteiger partial charge in [0.1, 0.15) is 0 Å². The van der Waals surface area contributed by atoms with Crippen LogP contribution in [0, 0.1) is 6.92 Å². The number of rotatable bonds is 5. The molecular formula is C19H15NO3S2. The Labute approximate surface area is 153 Å². The summed E-state index contributed by atoms with van der Waals surface area (Å²) < 4.78 is 11.5. The van der Waals surface area contributed by atoms with Gasteiger partial charge in [0, 0.05) is 16.5 Å². The molecule has 0 saturated carbocycles. The van der Waals surface area contributed by atoms with Gasteiger partial charge in [0.15, 0.2) is 21.6 Å². The SMILES string of the molecule is Cc1ccc(-c2csc(SCC(=O)c3ccc4c(c3)OCO4)n2)cc1. The van der Waals surface area contributed by atoms with Gasteiger partial charge >= 0.3 is 0 Å². The molecule has 0 atom stereocenters. The highest BCUT2D eigenvalue weighted by atomic mass is 32.2. The van der Waals surface area contributed by atoms with Crippen LogP contribution in [-0.4, -0.2) is 23.3 Å². The number of ether oxygens (including phenoxy) is 2. The molecule has 0 aliphatic carbocycles. The minimum absolute atomic E-state index is 0.0513. The fraction of sp³-hybridized carbons (Fsp3) is 0.158. The molecule has 1 aromatic heterocycles. The number of ketones is 1. The van der Waals surface area contributed by atoms with Crippen LogP contribution in [0.15, 0.2) is 52.2 Å². The average Bonchev–Trinajstić information content (AvgIpc) is 3.29. The summed E-state index contributed by atoms with van der Waals surface area (Å²) in [6, 6.07) is 13.6. The zero-order valence-electron chi connectivity index (χ0n) is 13.5. The molecule has 3 aromatic rings. The molecule has 0 fully saturated rings. The Hall–Kier alpha value is -2.31. The minimum atomic E-state index is 0.0513. The van der Waals surface area contributed by atoms with E-state index in [1.54, 1.807) is 29.5 Å². The maximum atomic E-state index is 12.4.